The van der Waals surface area contributed by atoms with Crippen molar-refractivity contribution in [1.29, 1.82) is 0 Å². The molecule has 0 spiro atoms. The van der Waals surface area contributed by atoms with E-state index in [1.807, 2.05) is 12.1 Å². The maximum atomic E-state index is 12.5. The van der Waals surface area contributed by atoms with E-state index in [2.05, 4.69) is 10.1 Å². The average Bonchev–Trinajstić information content (AvgIpc) is 2.38. The van der Waals surface area contributed by atoms with Gasteiger partial charge >= 0.3 is 0 Å². The third-order valence-corrected chi connectivity index (χ3v) is 3.73. The van der Waals surface area contributed by atoms with Crippen LogP contribution in [0, 0.1) is 5.41 Å². The van der Waals surface area contributed by atoms with Crippen molar-refractivity contribution in [1.82, 2.24) is 9.88 Å². The summed E-state index contributed by atoms with van der Waals surface area (Å²) in [5, 5.41) is 11.9. The monoisotopic (exact) mass is 262 g/mol. The lowest BCUT2D eigenvalue weighted by atomic mass is 9.67. The Kier molecular flexibility index (Phi) is 3.69. The predicted molar refractivity (Wildman–Crippen MR) is 70.4 cm³/mol. The second-order valence-corrected chi connectivity index (χ2v) is 4.94. The molecule has 1 heterocycles. The molecule has 1 saturated carbocycles. The third-order valence-electron chi connectivity index (χ3n) is 3.73. The van der Waals surface area contributed by atoms with Gasteiger partial charge in [-0.15, -0.1) is 0 Å². The lowest BCUT2D eigenvalue weighted by Crippen LogP contribution is -2.54. The number of carbonyl (C=O) groups excluding carboxylic acids is 1. The van der Waals surface area contributed by atoms with Crippen LogP contribution in [0.4, 0.5) is 0 Å². The lowest BCUT2D eigenvalue weighted by molar-refractivity contribution is -0.141. The molecule has 0 aromatic carbocycles. The van der Waals surface area contributed by atoms with Gasteiger partial charge in [-0.2, -0.15) is 0 Å². The molecule has 1 fully saturated rings. The second-order valence-electron chi connectivity index (χ2n) is 4.94. The summed E-state index contributed by atoms with van der Waals surface area (Å²) in [6, 6.07) is 3.72. The largest absolute Gasteiger partial charge is 0.409 e. The number of amidine groups is 1. The van der Waals surface area contributed by atoms with Crippen LogP contribution in [0.2, 0.25) is 0 Å². The minimum Gasteiger partial charge on any atom is -0.409 e. The summed E-state index contributed by atoms with van der Waals surface area (Å²) in [5.41, 5.74) is 5.88. The molecule has 6 heteroatoms. The number of nitrogens with zero attached hydrogens (tertiary/aromatic N) is 3. The van der Waals surface area contributed by atoms with E-state index >= 15 is 0 Å². The van der Waals surface area contributed by atoms with Crippen LogP contribution in [0.3, 0.4) is 0 Å². The molecule has 19 heavy (non-hydrogen) atoms. The van der Waals surface area contributed by atoms with Gasteiger partial charge in [0, 0.05) is 26.0 Å². The zero-order chi connectivity index (χ0) is 13.9. The highest BCUT2D eigenvalue weighted by Crippen LogP contribution is 2.42. The van der Waals surface area contributed by atoms with Crippen LogP contribution >= 0.6 is 0 Å². The van der Waals surface area contributed by atoms with Crippen molar-refractivity contribution in [3.8, 4) is 0 Å². The van der Waals surface area contributed by atoms with Gasteiger partial charge in [-0.3, -0.25) is 9.78 Å². The SMILES string of the molecule is CN(Cc1ccncc1)C(=O)C1(/C(N)=N/O)CCC1. The fourth-order valence-corrected chi connectivity index (χ4v) is 2.40. The topological polar surface area (TPSA) is 91.8 Å². The van der Waals surface area contributed by atoms with Crippen molar-refractivity contribution in [2.75, 3.05) is 7.05 Å². The molecular weight excluding hydrogens is 244 g/mol. The first-order chi connectivity index (χ1) is 9.10. The Hall–Kier alpha value is -2.11. The molecule has 102 valence electrons. The molecule has 0 saturated heterocycles. The summed E-state index contributed by atoms with van der Waals surface area (Å²) in [4.78, 5) is 18.0. The van der Waals surface area contributed by atoms with Crippen LogP contribution in [-0.4, -0.2) is 33.9 Å². The summed E-state index contributed by atoms with van der Waals surface area (Å²) in [7, 11) is 1.73. The molecule has 3 N–H and O–H groups in total. The van der Waals surface area contributed by atoms with Gasteiger partial charge < -0.3 is 15.8 Å². The quantitative estimate of drug-likeness (QED) is 0.366. The number of nitrogens with two attached hydrogens (primary N) is 1. The Balaban J connectivity index is 2.11. The number of aromatic nitrogens is 1. The minimum absolute atomic E-state index is 0.0188. The summed E-state index contributed by atoms with van der Waals surface area (Å²) < 4.78 is 0. The van der Waals surface area contributed by atoms with Crippen LogP contribution < -0.4 is 5.73 Å². The van der Waals surface area contributed by atoms with Crippen molar-refractivity contribution in [2.24, 2.45) is 16.3 Å². The number of hydrogen-bond acceptors (Lipinski definition) is 4. The molecule has 0 radical (unpaired) electrons. The molecule has 1 aromatic rings. The van der Waals surface area contributed by atoms with Crippen LogP contribution in [0.1, 0.15) is 24.8 Å². The van der Waals surface area contributed by atoms with Gasteiger partial charge in [-0.05, 0) is 30.5 Å². The van der Waals surface area contributed by atoms with Gasteiger partial charge in [-0.1, -0.05) is 11.6 Å². The Bertz CT molecular complexity index is 483. The molecule has 2 rings (SSSR count). The van der Waals surface area contributed by atoms with Crippen molar-refractivity contribution in [2.45, 2.75) is 25.8 Å². The summed E-state index contributed by atoms with van der Waals surface area (Å²) >= 11 is 0. The molecule has 0 unspecified atom stereocenters. The summed E-state index contributed by atoms with van der Waals surface area (Å²) in [5.74, 6) is -0.0730. The third kappa shape index (κ3) is 2.38. The number of hydrogen-bond donors (Lipinski definition) is 2. The van der Waals surface area contributed by atoms with Crippen molar-refractivity contribution < 1.29 is 10.0 Å². The molecular formula is C13H18N4O2. The van der Waals surface area contributed by atoms with E-state index in [4.69, 9.17) is 10.9 Å². The van der Waals surface area contributed by atoms with Gasteiger partial charge in [0.25, 0.3) is 0 Å². The fraction of sp³-hybridized carbons (Fsp3) is 0.462. The Labute approximate surface area is 111 Å². The van der Waals surface area contributed by atoms with E-state index in [-0.39, 0.29) is 11.7 Å². The highest BCUT2D eigenvalue weighted by Gasteiger charge is 2.49. The predicted octanol–water partition coefficient (Wildman–Crippen LogP) is 0.957. The Morgan fingerprint density at radius 3 is 2.63 bits per heavy atom. The first-order valence-electron chi connectivity index (χ1n) is 6.22. The lowest BCUT2D eigenvalue weighted by Gasteiger charge is -2.41. The summed E-state index contributed by atoms with van der Waals surface area (Å²) in [6.07, 6.45) is 5.59. The number of pyridine rings is 1. The molecule has 0 bridgehead atoms. The van der Waals surface area contributed by atoms with E-state index in [1.54, 1.807) is 24.3 Å². The van der Waals surface area contributed by atoms with Crippen LogP contribution in [-0.2, 0) is 11.3 Å². The number of oxime groups is 1. The number of amides is 1. The molecule has 1 aliphatic rings. The van der Waals surface area contributed by atoms with Gasteiger partial charge in [0.15, 0.2) is 5.84 Å². The number of carbonyl (C=O) groups is 1. The van der Waals surface area contributed by atoms with E-state index < -0.39 is 5.41 Å². The fourth-order valence-electron chi connectivity index (χ4n) is 2.40. The zero-order valence-electron chi connectivity index (χ0n) is 10.9. The normalized spacial score (nSPS) is 17.6. The van der Waals surface area contributed by atoms with Gasteiger partial charge in [-0.25, -0.2) is 0 Å². The molecule has 1 amide bonds. The highest BCUT2D eigenvalue weighted by atomic mass is 16.4. The maximum absolute atomic E-state index is 12.5. The maximum Gasteiger partial charge on any atom is 0.236 e. The standard InChI is InChI=1S/C13H18N4O2/c1-17(9-10-3-7-15-8-4-10)12(18)13(5-2-6-13)11(14)16-19/h3-4,7-8,19H,2,5-6,9H2,1H3,(H2,14,16). The van der Waals surface area contributed by atoms with Crippen molar-refractivity contribution in [3.05, 3.63) is 30.1 Å². The van der Waals surface area contributed by atoms with E-state index in [0.29, 0.717) is 19.4 Å². The first kappa shape index (κ1) is 13.3. The zero-order valence-corrected chi connectivity index (χ0v) is 10.9. The number of rotatable bonds is 4. The second kappa shape index (κ2) is 5.26. The molecule has 1 aromatic heterocycles. The van der Waals surface area contributed by atoms with E-state index in [1.165, 1.54) is 0 Å². The minimum atomic E-state index is -0.809. The molecule has 1 aliphatic carbocycles. The average molecular weight is 262 g/mol. The summed E-state index contributed by atoms with van der Waals surface area (Å²) in [6.45, 7) is 0.488. The first-order valence-corrected chi connectivity index (χ1v) is 6.22. The van der Waals surface area contributed by atoms with E-state index in [9.17, 15) is 4.79 Å². The Morgan fingerprint density at radius 2 is 2.16 bits per heavy atom. The van der Waals surface area contributed by atoms with Crippen LogP contribution in [0.5, 0.6) is 0 Å². The smallest absolute Gasteiger partial charge is 0.236 e. The van der Waals surface area contributed by atoms with Crippen molar-refractivity contribution in [3.63, 3.8) is 0 Å². The van der Waals surface area contributed by atoms with E-state index in [0.717, 1.165) is 12.0 Å². The Morgan fingerprint density at radius 1 is 1.53 bits per heavy atom. The van der Waals surface area contributed by atoms with Gasteiger partial charge in [0.05, 0.1) is 0 Å². The molecule has 6 nitrogen and oxygen atoms in total. The molecule has 0 aliphatic heterocycles. The van der Waals surface area contributed by atoms with Gasteiger partial charge in [0.1, 0.15) is 5.41 Å². The highest BCUT2D eigenvalue weighted by molar-refractivity contribution is 6.07. The van der Waals surface area contributed by atoms with Crippen molar-refractivity contribution >= 4 is 11.7 Å². The molecule has 0 atom stereocenters. The van der Waals surface area contributed by atoms with Crippen LogP contribution in [0.15, 0.2) is 29.7 Å². The van der Waals surface area contributed by atoms with Gasteiger partial charge in [0.2, 0.25) is 5.91 Å². The van der Waals surface area contributed by atoms with Crippen LogP contribution in [0.25, 0.3) is 0 Å².